The van der Waals surface area contributed by atoms with Crippen LogP contribution in [-0.2, 0) is 16.0 Å². The Hall–Kier alpha value is -0.910. The van der Waals surface area contributed by atoms with Crippen LogP contribution in [0.1, 0.15) is 33.0 Å². The number of hydrogen-bond acceptors (Lipinski definition) is 5. The predicted octanol–water partition coefficient (Wildman–Crippen LogP) is 2.45. The van der Waals surface area contributed by atoms with Gasteiger partial charge in [0.05, 0.1) is 13.7 Å². The maximum Gasteiger partial charge on any atom is 0.348 e. The van der Waals surface area contributed by atoms with E-state index in [4.69, 9.17) is 9.47 Å². The molecular formula is C14H21NO3S. The van der Waals surface area contributed by atoms with Crippen molar-refractivity contribution in [1.82, 2.24) is 4.90 Å². The van der Waals surface area contributed by atoms with Gasteiger partial charge in [0.15, 0.2) is 0 Å². The van der Waals surface area contributed by atoms with Gasteiger partial charge in [0.2, 0.25) is 0 Å². The van der Waals surface area contributed by atoms with Gasteiger partial charge in [-0.1, -0.05) is 0 Å². The second kappa shape index (κ2) is 6.50. The van der Waals surface area contributed by atoms with Crippen LogP contribution in [-0.4, -0.2) is 44.3 Å². The van der Waals surface area contributed by atoms with Crippen molar-refractivity contribution in [2.24, 2.45) is 0 Å². The number of methoxy groups -OCH3 is 2. The van der Waals surface area contributed by atoms with Crippen molar-refractivity contribution in [3.8, 4) is 0 Å². The quantitative estimate of drug-likeness (QED) is 0.778. The minimum atomic E-state index is -0.241. The van der Waals surface area contributed by atoms with Crippen LogP contribution in [0.3, 0.4) is 0 Å². The van der Waals surface area contributed by atoms with E-state index >= 15 is 0 Å². The molecule has 1 aromatic rings. The van der Waals surface area contributed by atoms with Crippen molar-refractivity contribution in [2.45, 2.75) is 32.4 Å². The minimum absolute atomic E-state index is 0.241. The summed E-state index contributed by atoms with van der Waals surface area (Å²) in [6.45, 7) is 4.85. The number of carbonyl (C=O) groups excluding carboxylic acids is 1. The molecule has 5 heteroatoms. The van der Waals surface area contributed by atoms with Crippen molar-refractivity contribution in [2.75, 3.05) is 27.4 Å². The Balaban J connectivity index is 2.06. The van der Waals surface area contributed by atoms with Gasteiger partial charge in [0.1, 0.15) is 4.88 Å². The zero-order valence-electron chi connectivity index (χ0n) is 11.8. The van der Waals surface area contributed by atoms with Crippen molar-refractivity contribution in [1.29, 1.82) is 0 Å². The van der Waals surface area contributed by atoms with Crippen molar-refractivity contribution in [3.05, 3.63) is 21.4 Å². The number of hydrogen-bond donors (Lipinski definition) is 0. The first-order valence-corrected chi connectivity index (χ1v) is 7.38. The molecule has 0 aromatic carbocycles. The molecule has 106 valence electrons. The van der Waals surface area contributed by atoms with E-state index in [2.05, 4.69) is 11.8 Å². The number of esters is 1. The molecule has 1 aliphatic rings. The largest absolute Gasteiger partial charge is 0.465 e. The number of ether oxygens (including phenoxy) is 2. The summed E-state index contributed by atoms with van der Waals surface area (Å²) in [5.41, 5.74) is 1.23. The van der Waals surface area contributed by atoms with Gasteiger partial charge in [-0.3, -0.25) is 4.90 Å². The van der Waals surface area contributed by atoms with Crippen LogP contribution >= 0.6 is 11.3 Å². The third-order valence-corrected chi connectivity index (χ3v) is 4.71. The average Bonchev–Trinajstić information content (AvgIpc) is 2.98. The summed E-state index contributed by atoms with van der Waals surface area (Å²) in [5, 5.41) is 0. The Morgan fingerprint density at radius 1 is 1.53 bits per heavy atom. The van der Waals surface area contributed by atoms with E-state index in [0.29, 0.717) is 10.9 Å². The molecule has 2 rings (SSSR count). The monoisotopic (exact) mass is 283 g/mol. The minimum Gasteiger partial charge on any atom is -0.465 e. The zero-order valence-corrected chi connectivity index (χ0v) is 12.6. The number of thiophene rings is 1. The summed E-state index contributed by atoms with van der Waals surface area (Å²) in [6.07, 6.45) is 2.42. The highest BCUT2D eigenvalue weighted by atomic mass is 32.1. The van der Waals surface area contributed by atoms with Crippen LogP contribution in [0.25, 0.3) is 0 Å². The van der Waals surface area contributed by atoms with E-state index in [1.165, 1.54) is 41.7 Å². The number of nitrogens with zero attached hydrogens (tertiary/aromatic N) is 1. The number of carbonyl (C=O) groups is 1. The van der Waals surface area contributed by atoms with Crippen LogP contribution < -0.4 is 0 Å². The molecule has 2 heterocycles. The molecule has 1 saturated heterocycles. The van der Waals surface area contributed by atoms with Crippen LogP contribution in [0, 0.1) is 6.92 Å². The fourth-order valence-corrected chi connectivity index (χ4v) is 3.53. The summed E-state index contributed by atoms with van der Waals surface area (Å²) in [6, 6.07) is 2.47. The maximum atomic E-state index is 11.5. The van der Waals surface area contributed by atoms with Crippen molar-refractivity contribution in [3.63, 3.8) is 0 Å². The molecule has 19 heavy (non-hydrogen) atoms. The van der Waals surface area contributed by atoms with Crippen LogP contribution in [0.4, 0.5) is 0 Å². The molecular weight excluding hydrogens is 262 g/mol. The molecule has 1 aromatic heterocycles. The summed E-state index contributed by atoms with van der Waals surface area (Å²) in [7, 11) is 3.17. The molecule has 0 bridgehead atoms. The third kappa shape index (κ3) is 3.35. The fraction of sp³-hybridized carbons (Fsp3) is 0.643. The average molecular weight is 283 g/mol. The van der Waals surface area contributed by atoms with E-state index in [0.717, 1.165) is 19.7 Å². The first kappa shape index (κ1) is 14.5. The van der Waals surface area contributed by atoms with Gasteiger partial charge in [-0.05, 0) is 37.9 Å². The standard InChI is InChI=1S/C14H21NO3S/c1-10-11(7-13(19-10)14(16)18-3)8-15-6-4-5-12(15)9-17-2/h7,12H,4-6,8-9H2,1-3H3/t12-/m1/s1. The second-order valence-electron chi connectivity index (χ2n) is 4.91. The van der Waals surface area contributed by atoms with Gasteiger partial charge >= 0.3 is 5.97 Å². The molecule has 0 spiro atoms. The lowest BCUT2D eigenvalue weighted by molar-refractivity contribution is 0.0606. The lowest BCUT2D eigenvalue weighted by Crippen LogP contribution is -2.32. The topological polar surface area (TPSA) is 38.8 Å². The molecule has 1 atom stereocenters. The number of aryl methyl sites for hydroxylation is 1. The molecule has 0 N–H and O–H groups in total. The Bertz CT molecular complexity index is 444. The van der Waals surface area contributed by atoms with Crippen LogP contribution in [0.5, 0.6) is 0 Å². The van der Waals surface area contributed by atoms with E-state index in [1.807, 2.05) is 6.07 Å². The zero-order chi connectivity index (χ0) is 13.8. The van der Waals surface area contributed by atoms with Gasteiger partial charge in [0.25, 0.3) is 0 Å². The van der Waals surface area contributed by atoms with E-state index in [9.17, 15) is 4.79 Å². The highest BCUT2D eigenvalue weighted by molar-refractivity contribution is 7.14. The van der Waals surface area contributed by atoms with E-state index < -0.39 is 0 Å². The smallest absolute Gasteiger partial charge is 0.348 e. The van der Waals surface area contributed by atoms with Crippen molar-refractivity contribution >= 4 is 17.3 Å². The van der Waals surface area contributed by atoms with E-state index in [-0.39, 0.29) is 5.97 Å². The lowest BCUT2D eigenvalue weighted by atomic mass is 10.2. The van der Waals surface area contributed by atoms with Crippen molar-refractivity contribution < 1.29 is 14.3 Å². The Morgan fingerprint density at radius 3 is 3.00 bits per heavy atom. The molecule has 4 nitrogen and oxygen atoms in total. The highest BCUT2D eigenvalue weighted by Crippen LogP contribution is 2.27. The normalized spacial score (nSPS) is 19.8. The molecule has 1 fully saturated rings. The Morgan fingerprint density at radius 2 is 2.32 bits per heavy atom. The lowest BCUT2D eigenvalue weighted by Gasteiger charge is -2.23. The van der Waals surface area contributed by atoms with Gasteiger partial charge in [-0.2, -0.15) is 0 Å². The van der Waals surface area contributed by atoms with Gasteiger partial charge in [-0.15, -0.1) is 11.3 Å². The Labute approximate surface area is 118 Å². The predicted molar refractivity (Wildman–Crippen MR) is 75.7 cm³/mol. The summed E-state index contributed by atoms with van der Waals surface area (Å²) in [5.74, 6) is -0.241. The summed E-state index contributed by atoms with van der Waals surface area (Å²) >= 11 is 1.51. The van der Waals surface area contributed by atoms with Gasteiger partial charge in [-0.25, -0.2) is 4.79 Å². The first-order chi connectivity index (χ1) is 9.15. The molecule has 0 saturated carbocycles. The molecule has 0 amide bonds. The summed E-state index contributed by atoms with van der Waals surface area (Å²) in [4.78, 5) is 15.9. The molecule has 0 aliphatic carbocycles. The SMILES string of the molecule is COC[C@H]1CCCN1Cc1cc(C(=O)OC)sc1C. The summed E-state index contributed by atoms with van der Waals surface area (Å²) < 4.78 is 10.0. The van der Waals surface area contributed by atoms with Gasteiger partial charge < -0.3 is 9.47 Å². The Kier molecular flexibility index (Phi) is 4.96. The second-order valence-corrected chi connectivity index (χ2v) is 6.16. The van der Waals surface area contributed by atoms with Crippen LogP contribution in [0.2, 0.25) is 0 Å². The highest BCUT2D eigenvalue weighted by Gasteiger charge is 2.25. The van der Waals surface area contributed by atoms with Crippen LogP contribution in [0.15, 0.2) is 6.07 Å². The number of rotatable bonds is 5. The number of likely N-dealkylation sites (tertiary alicyclic amines) is 1. The maximum absolute atomic E-state index is 11.5. The fourth-order valence-electron chi connectivity index (χ4n) is 2.58. The third-order valence-electron chi connectivity index (χ3n) is 3.64. The van der Waals surface area contributed by atoms with Gasteiger partial charge in [0, 0.05) is 24.6 Å². The molecule has 0 unspecified atom stereocenters. The van der Waals surface area contributed by atoms with E-state index in [1.54, 1.807) is 7.11 Å². The molecule has 1 aliphatic heterocycles. The molecule has 0 radical (unpaired) electrons. The first-order valence-electron chi connectivity index (χ1n) is 6.56.